The van der Waals surface area contributed by atoms with Crippen LogP contribution in [0.2, 0.25) is 0 Å². The van der Waals surface area contributed by atoms with E-state index in [9.17, 15) is 9.59 Å². The molecule has 1 aliphatic rings. The SMILES string of the molecule is Cn1nccc1/C=C/C(=O)N1CCCC(C(=O)O)C1. The Morgan fingerprint density at radius 1 is 1.53 bits per heavy atom. The quantitative estimate of drug-likeness (QED) is 0.817. The Bertz CT molecular complexity index is 507. The van der Waals surface area contributed by atoms with Gasteiger partial charge in [0.1, 0.15) is 0 Å². The van der Waals surface area contributed by atoms with Gasteiger partial charge in [0, 0.05) is 32.4 Å². The largest absolute Gasteiger partial charge is 0.481 e. The number of carboxylic acid groups (broad SMARTS) is 1. The van der Waals surface area contributed by atoms with E-state index in [1.807, 2.05) is 0 Å². The third kappa shape index (κ3) is 3.21. The topological polar surface area (TPSA) is 75.4 Å². The highest BCUT2D eigenvalue weighted by Crippen LogP contribution is 2.17. The van der Waals surface area contributed by atoms with Crippen LogP contribution in [0.5, 0.6) is 0 Å². The molecule has 1 N–H and O–H groups in total. The van der Waals surface area contributed by atoms with Crippen LogP contribution >= 0.6 is 0 Å². The third-order valence-electron chi connectivity index (χ3n) is 3.34. The number of hydrogen-bond acceptors (Lipinski definition) is 3. The maximum atomic E-state index is 12.0. The van der Waals surface area contributed by atoms with Crippen molar-refractivity contribution >= 4 is 18.0 Å². The minimum Gasteiger partial charge on any atom is -0.481 e. The molecule has 6 nitrogen and oxygen atoms in total. The van der Waals surface area contributed by atoms with Gasteiger partial charge in [-0.25, -0.2) is 0 Å². The highest BCUT2D eigenvalue weighted by molar-refractivity contribution is 5.92. The van der Waals surface area contributed by atoms with E-state index in [-0.39, 0.29) is 5.91 Å². The number of carbonyl (C=O) groups excluding carboxylic acids is 1. The van der Waals surface area contributed by atoms with Crippen LogP contribution in [-0.2, 0) is 16.6 Å². The van der Waals surface area contributed by atoms with Gasteiger partial charge in [-0.1, -0.05) is 0 Å². The summed E-state index contributed by atoms with van der Waals surface area (Å²) in [5.41, 5.74) is 0.833. The summed E-state index contributed by atoms with van der Waals surface area (Å²) in [5.74, 6) is -1.41. The minimum absolute atomic E-state index is 0.146. The number of carboxylic acids is 1. The molecule has 102 valence electrons. The number of piperidine rings is 1. The van der Waals surface area contributed by atoms with E-state index < -0.39 is 11.9 Å². The molecule has 1 fully saturated rings. The van der Waals surface area contributed by atoms with Crippen molar-refractivity contribution in [1.82, 2.24) is 14.7 Å². The molecular weight excluding hydrogens is 246 g/mol. The first-order valence-corrected chi connectivity index (χ1v) is 6.25. The Kier molecular flexibility index (Phi) is 3.99. The molecule has 19 heavy (non-hydrogen) atoms. The Balaban J connectivity index is 1.98. The average molecular weight is 263 g/mol. The number of aliphatic carboxylic acids is 1. The number of nitrogens with zero attached hydrogens (tertiary/aromatic N) is 3. The highest BCUT2D eigenvalue weighted by atomic mass is 16.4. The van der Waals surface area contributed by atoms with Crippen molar-refractivity contribution in [3.05, 3.63) is 24.0 Å². The second-order valence-corrected chi connectivity index (χ2v) is 4.67. The summed E-state index contributed by atoms with van der Waals surface area (Å²) in [7, 11) is 1.80. The molecule has 0 bridgehead atoms. The first-order valence-electron chi connectivity index (χ1n) is 6.25. The van der Waals surface area contributed by atoms with E-state index in [1.54, 1.807) is 35.0 Å². The van der Waals surface area contributed by atoms with Crippen LogP contribution in [0.4, 0.5) is 0 Å². The van der Waals surface area contributed by atoms with Crippen molar-refractivity contribution in [2.24, 2.45) is 13.0 Å². The Hall–Kier alpha value is -2.11. The fraction of sp³-hybridized carbons (Fsp3) is 0.462. The first-order chi connectivity index (χ1) is 9.08. The molecule has 1 unspecified atom stereocenters. The molecule has 6 heteroatoms. The van der Waals surface area contributed by atoms with Gasteiger partial charge in [0.15, 0.2) is 0 Å². The predicted molar refractivity (Wildman–Crippen MR) is 69.2 cm³/mol. The van der Waals surface area contributed by atoms with Gasteiger partial charge in [0.05, 0.1) is 11.6 Å². The van der Waals surface area contributed by atoms with Crippen LogP contribution in [0.25, 0.3) is 6.08 Å². The summed E-state index contributed by atoms with van der Waals surface area (Å²) in [6, 6.07) is 1.81. The van der Waals surface area contributed by atoms with Crippen LogP contribution in [0.3, 0.4) is 0 Å². The zero-order valence-electron chi connectivity index (χ0n) is 10.8. The summed E-state index contributed by atoms with van der Waals surface area (Å²) < 4.78 is 1.67. The normalized spacial score (nSPS) is 19.8. The van der Waals surface area contributed by atoms with Crippen molar-refractivity contribution in [3.8, 4) is 0 Å². The van der Waals surface area contributed by atoms with Crippen LogP contribution in [-0.4, -0.2) is 44.8 Å². The average Bonchev–Trinajstić information content (AvgIpc) is 2.81. The number of hydrogen-bond donors (Lipinski definition) is 1. The molecule has 1 amide bonds. The lowest BCUT2D eigenvalue weighted by Gasteiger charge is -2.29. The monoisotopic (exact) mass is 263 g/mol. The van der Waals surface area contributed by atoms with Crippen molar-refractivity contribution in [3.63, 3.8) is 0 Å². The van der Waals surface area contributed by atoms with Gasteiger partial charge in [-0.2, -0.15) is 5.10 Å². The molecule has 0 radical (unpaired) electrons. The smallest absolute Gasteiger partial charge is 0.308 e. The Morgan fingerprint density at radius 2 is 2.32 bits per heavy atom. The highest BCUT2D eigenvalue weighted by Gasteiger charge is 2.27. The van der Waals surface area contributed by atoms with Crippen molar-refractivity contribution < 1.29 is 14.7 Å². The Labute approximate surface area is 111 Å². The number of aryl methyl sites for hydroxylation is 1. The fourth-order valence-corrected chi connectivity index (χ4v) is 2.19. The van der Waals surface area contributed by atoms with E-state index in [2.05, 4.69) is 5.10 Å². The third-order valence-corrected chi connectivity index (χ3v) is 3.34. The van der Waals surface area contributed by atoms with Crippen LogP contribution < -0.4 is 0 Å². The van der Waals surface area contributed by atoms with Gasteiger partial charge in [-0.3, -0.25) is 14.3 Å². The second-order valence-electron chi connectivity index (χ2n) is 4.67. The molecule has 1 aliphatic heterocycles. The van der Waals surface area contributed by atoms with Crippen LogP contribution in [0.1, 0.15) is 18.5 Å². The lowest BCUT2D eigenvalue weighted by molar-refractivity contribution is -0.144. The standard InChI is InChI=1S/C13H17N3O3/c1-15-11(6-7-14-15)4-5-12(17)16-8-2-3-10(9-16)13(18)19/h4-7,10H,2-3,8-9H2,1H3,(H,18,19)/b5-4+. The van der Waals surface area contributed by atoms with Gasteiger partial charge in [0.25, 0.3) is 0 Å². The van der Waals surface area contributed by atoms with Gasteiger partial charge in [0.2, 0.25) is 5.91 Å². The van der Waals surface area contributed by atoms with E-state index in [4.69, 9.17) is 5.11 Å². The first kappa shape index (κ1) is 13.3. The van der Waals surface area contributed by atoms with E-state index in [1.165, 1.54) is 6.08 Å². The molecule has 0 aliphatic carbocycles. The number of likely N-dealkylation sites (tertiary alicyclic amines) is 1. The summed E-state index contributed by atoms with van der Waals surface area (Å²) in [5, 5.41) is 13.0. The van der Waals surface area contributed by atoms with Gasteiger partial charge in [-0.15, -0.1) is 0 Å². The number of aromatic nitrogens is 2. The maximum Gasteiger partial charge on any atom is 0.308 e. The van der Waals surface area contributed by atoms with E-state index in [0.717, 1.165) is 12.1 Å². The van der Waals surface area contributed by atoms with Crippen molar-refractivity contribution in [1.29, 1.82) is 0 Å². The molecule has 0 saturated carbocycles. The lowest BCUT2D eigenvalue weighted by Crippen LogP contribution is -2.41. The molecule has 0 spiro atoms. The predicted octanol–water partition coefficient (Wildman–Crippen LogP) is 0.756. The summed E-state index contributed by atoms with van der Waals surface area (Å²) >= 11 is 0. The number of amides is 1. The number of carbonyl (C=O) groups is 2. The van der Waals surface area contributed by atoms with Gasteiger partial charge < -0.3 is 10.0 Å². The fourth-order valence-electron chi connectivity index (χ4n) is 2.19. The van der Waals surface area contributed by atoms with Crippen LogP contribution in [0.15, 0.2) is 18.3 Å². The molecule has 1 aromatic rings. The van der Waals surface area contributed by atoms with Gasteiger partial charge >= 0.3 is 5.97 Å². The molecule has 1 atom stereocenters. The molecular formula is C13H17N3O3. The summed E-state index contributed by atoms with van der Waals surface area (Å²) in [6.45, 7) is 0.919. The summed E-state index contributed by atoms with van der Waals surface area (Å²) in [6.07, 6.45) is 6.21. The molecule has 2 rings (SSSR count). The van der Waals surface area contributed by atoms with Gasteiger partial charge in [-0.05, 0) is 25.0 Å². The minimum atomic E-state index is -0.826. The van der Waals surface area contributed by atoms with E-state index >= 15 is 0 Å². The lowest BCUT2D eigenvalue weighted by atomic mass is 9.98. The van der Waals surface area contributed by atoms with E-state index in [0.29, 0.717) is 19.5 Å². The molecule has 1 saturated heterocycles. The zero-order chi connectivity index (χ0) is 13.8. The summed E-state index contributed by atoms with van der Waals surface area (Å²) in [4.78, 5) is 24.5. The molecule has 0 aromatic carbocycles. The number of rotatable bonds is 3. The zero-order valence-corrected chi connectivity index (χ0v) is 10.8. The van der Waals surface area contributed by atoms with Crippen molar-refractivity contribution in [2.45, 2.75) is 12.8 Å². The molecule has 2 heterocycles. The second kappa shape index (κ2) is 5.69. The maximum absolute atomic E-state index is 12.0. The van der Waals surface area contributed by atoms with Crippen molar-refractivity contribution in [2.75, 3.05) is 13.1 Å². The van der Waals surface area contributed by atoms with Crippen LogP contribution in [0, 0.1) is 5.92 Å². The molecule has 1 aromatic heterocycles. The Morgan fingerprint density at radius 3 is 2.95 bits per heavy atom.